The third kappa shape index (κ3) is 1.73. The van der Waals surface area contributed by atoms with Gasteiger partial charge in [0, 0.05) is 24.5 Å². The zero-order chi connectivity index (χ0) is 10.7. The normalized spacial score (nSPS) is 10.5. The first kappa shape index (κ1) is 9.79. The zero-order valence-corrected chi connectivity index (χ0v) is 8.46. The number of aliphatic hydroxyl groups is 1. The molecule has 0 spiro atoms. The van der Waals surface area contributed by atoms with E-state index in [4.69, 9.17) is 5.11 Å². The molecule has 0 aliphatic rings. The summed E-state index contributed by atoms with van der Waals surface area (Å²) in [5, 5.41) is 17.0. The van der Waals surface area contributed by atoms with Gasteiger partial charge in [-0.25, -0.2) is 4.68 Å². The Kier molecular flexibility index (Phi) is 2.73. The predicted molar refractivity (Wildman–Crippen MR) is 54.8 cm³/mol. The Morgan fingerprint density at radius 2 is 2.33 bits per heavy atom. The van der Waals surface area contributed by atoms with Gasteiger partial charge in [-0.1, -0.05) is 5.21 Å². The molecule has 0 amide bonds. The van der Waals surface area contributed by atoms with Gasteiger partial charge in [0.1, 0.15) is 5.69 Å². The van der Waals surface area contributed by atoms with Crippen molar-refractivity contribution in [2.24, 2.45) is 0 Å². The van der Waals surface area contributed by atoms with E-state index >= 15 is 0 Å². The maximum absolute atomic E-state index is 9.15. The molecule has 1 N–H and O–H groups in total. The largest absolute Gasteiger partial charge is 0.390 e. The summed E-state index contributed by atoms with van der Waals surface area (Å²) in [5.74, 6) is 0. The van der Waals surface area contributed by atoms with E-state index in [1.807, 2.05) is 19.1 Å². The van der Waals surface area contributed by atoms with Crippen molar-refractivity contribution in [1.82, 2.24) is 20.0 Å². The van der Waals surface area contributed by atoms with Gasteiger partial charge in [0.05, 0.1) is 12.3 Å². The Labute approximate surface area is 87.4 Å². The molecule has 0 aliphatic heterocycles. The van der Waals surface area contributed by atoms with Crippen LogP contribution in [-0.2, 0) is 13.2 Å². The fourth-order valence-electron chi connectivity index (χ4n) is 1.50. The van der Waals surface area contributed by atoms with Crippen molar-refractivity contribution >= 4 is 0 Å². The molecule has 2 heterocycles. The summed E-state index contributed by atoms with van der Waals surface area (Å²) in [6.07, 6.45) is 3.45. The standard InChI is InChI=1S/C10H12N4O/c1-2-14-10(9(7-15)12-13-14)8-4-3-5-11-6-8/h3-6,15H,2,7H2,1H3. The van der Waals surface area contributed by atoms with E-state index in [1.165, 1.54) is 0 Å². The molecule has 78 valence electrons. The second kappa shape index (κ2) is 4.18. The number of pyridine rings is 1. The highest BCUT2D eigenvalue weighted by Crippen LogP contribution is 2.20. The van der Waals surface area contributed by atoms with Gasteiger partial charge >= 0.3 is 0 Å². The number of aryl methyl sites for hydroxylation is 1. The summed E-state index contributed by atoms with van der Waals surface area (Å²) < 4.78 is 1.75. The van der Waals surface area contributed by atoms with Crippen LogP contribution >= 0.6 is 0 Å². The highest BCUT2D eigenvalue weighted by Gasteiger charge is 2.12. The first-order valence-electron chi connectivity index (χ1n) is 4.80. The van der Waals surface area contributed by atoms with Crippen molar-refractivity contribution in [2.75, 3.05) is 0 Å². The summed E-state index contributed by atoms with van der Waals surface area (Å²) in [7, 11) is 0. The summed E-state index contributed by atoms with van der Waals surface area (Å²) in [4.78, 5) is 4.04. The maximum Gasteiger partial charge on any atom is 0.116 e. The molecule has 0 atom stereocenters. The van der Waals surface area contributed by atoms with E-state index in [0.717, 1.165) is 17.8 Å². The van der Waals surface area contributed by atoms with E-state index in [9.17, 15) is 0 Å². The number of hydrogen-bond acceptors (Lipinski definition) is 4. The van der Waals surface area contributed by atoms with Crippen molar-refractivity contribution in [2.45, 2.75) is 20.1 Å². The molecule has 2 rings (SSSR count). The minimum Gasteiger partial charge on any atom is -0.390 e. The average molecular weight is 204 g/mol. The number of hydrogen-bond donors (Lipinski definition) is 1. The Bertz CT molecular complexity index is 416. The lowest BCUT2D eigenvalue weighted by atomic mass is 10.1. The van der Waals surface area contributed by atoms with Crippen LogP contribution in [0.2, 0.25) is 0 Å². The highest BCUT2D eigenvalue weighted by molar-refractivity contribution is 5.60. The predicted octanol–water partition coefficient (Wildman–Crippen LogP) is 0.852. The Morgan fingerprint density at radius 3 is 2.93 bits per heavy atom. The SMILES string of the molecule is CCn1nnc(CO)c1-c1cccnc1. The molecular weight excluding hydrogens is 192 g/mol. The maximum atomic E-state index is 9.15. The van der Waals surface area contributed by atoms with Crippen LogP contribution in [0.15, 0.2) is 24.5 Å². The van der Waals surface area contributed by atoms with Gasteiger partial charge in [-0.15, -0.1) is 5.10 Å². The molecule has 5 nitrogen and oxygen atoms in total. The summed E-state index contributed by atoms with van der Waals surface area (Å²) in [6, 6.07) is 3.78. The Balaban J connectivity index is 2.55. The lowest BCUT2D eigenvalue weighted by Gasteiger charge is -2.04. The molecule has 0 aromatic carbocycles. The van der Waals surface area contributed by atoms with E-state index < -0.39 is 0 Å². The minimum atomic E-state index is -0.107. The van der Waals surface area contributed by atoms with Gasteiger partial charge in [-0.05, 0) is 19.1 Å². The monoisotopic (exact) mass is 204 g/mol. The third-order valence-electron chi connectivity index (χ3n) is 2.19. The molecule has 0 unspecified atom stereocenters. The van der Waals surface area contributed by atoms with Crippen LogP contribution in [0.25, 0.3) is 11.3 Å². The van der Waals surface area contributed by atoms with Crippen LogP contribution in [0.3, 0.4) is 0 Å². The molecule has 0 fully saturated rings. The molecule has 2 aromatic rings. The molecule has 0 bridgehead atoms. The van der Waals surface area contributed by atoms with Crippen LogP contribution < -0.4 is 0 Å². The summed E-state index contributed by atoms with van der Waals surface area (Å²) >= 11 is 0. The molecular formula is C10H12N4O. The number of aromatic nitrogens is 4. The topological polar surface area (TPSA) is 63.8 Å². The second-order valence-corrected chi connectivity index (χ2v) is 3.10. The van der Waals surface area contributed by atoms with Crippen LogP contribution in [-0.4, -0.2) is 25.1 Å². The molecule has 5 heteroatoms. The molecule has 0 saturated heterocycles. The first-order chi connectivity index (χ1) is 7.36. The van der Waals surface area contributed by atoms with Gasteiger partial charge in [-0.2, -0.15) is 0 Å². The van der Waals surface area contributed by atoms with Gasteiger partial charge < -0.3 is 5.11 Å². The van der Waals surface area contributed by atoms with E-state index in [-0.39, 0.29) is 6.61 Å². The van der Waals surface area contributed by atoms with Gasteiger partial charge in [0.2, 0.25) is 0 Å². The van der Waals surface area contributed by atoms with Gasteiger partial charge in [-0.3, -0.25) is 4.98 Å². The number of aliphatic hydroxyl groups excluding tert-OH is 1. The van der Waals surface area contributed by atoms with E-state index in [0.29, 0.717) is 5.69 Å². The fraction of sp³-hybridized carbons (Fsp3) is 0.300. The van der Waals surface area contributed by atoms with Crippen LogP contribution in [0, 0.1) is 0 Å². The third-order valence-corrected chi connectivity index (χ3v) is 2.19. The Morgan fingerprint density at radius 1 is 1.47 bits per heavy atom. The van der Waals surface area contributed by atoms with Crippen molar-refractivity contribution in [1.29, 1.82) is 0 Å². The van der Waals surface area contributed by atoms with Gasteiger partial charge in [0.25, 0.3) is 0 Å². The van der Waals surface area contributed by atoms with Crippen molar-refractivity contribution in [3.63, 3.8) is 0 Å². The van der Waals surface area contributed by atoms with Crippen LogP contribution in [0.1, 0.15) is 12.6 Å². The first-order valence-corrected chi connectivity index (χ1v) is 4.80. The van der Waals surface area contributed by atoms with Crippen molar-refractivity contribution < 1.29 is 5.11 Å². The molecule has 0 aliphatic carbocycles. The number of nitrogens with zero attached hydrogens (tertiary/aromatic N) is 4. The quantitative estimate of drug-likeness (QED) is 0.805. The second-order valence-electron chi connectivity index (χ2n) is 3.10. The lowest BCUT2D eigenvalue weighted by Crippen LogP contribution is -2.00. The molecule has 2 aromatic heterocycles. The molecule has 15 heavy (non-hydrogen) atoms. The van der Waals surface area contributed by atoms with Crippen LogP contribution in [0.5, 0.6) is 0 Å². The van der Waals surface area contributed by atoms with Crippen molar-refractivity contribution in [3.8, 4) is 11.3 Å². The molecule has 0 radical (unpaired) electrons. The molecule has 0 saturated carbocycles. The zero-order valence-electron chi connectivity index (χ0n) is 8.46. The van der Waals surface area contributed by atoms with Gasteiger partial charge in [0.15, 0.2) is 0 Å². The minimum absolute atomic E-state index is 0.107. The van der Waals surface area contributed by atoms with E-state index in [1.54, 1.807) is 17.1 Å². The number of rotatable bonds is 3. The summed E-state index contributed by atoms with van der Waals surface area (Å²) in [5.41, 5.74) is 2.35. The summed E-state index contributed by atoms with van der Waals surface area (Å²) in [6.45, 7) is 2.59. The highest BCUT2D eigenvalue weighted by atomic mass is 16.3. The fourth-order valence-corrected chi connectivity index (χ4v) is 1.50. The average Bonchev–Trinajstić information content (AvgIpc) is 2.72. The lowest BCUT2D eigenvalue weighted by molar-refractivity contribution is 0.277. The smallest absolute Gasteiger partial charge is 0.116 e. The Hall–Kier alpha value is -1.75. The van der Waals surface area contributed by atoms with Crippen LogP contribution in [0.4, 0.5) is 0 Å². The van der Waals surface area contributed by atoms with E-state index in [2.05, 4.69) is 15.3 Å². The van der Waals surface area contributed by atoms with Crippen molar-refractivity contribution in [3.05, 3.63) is 30.2 Å².